The fourth-order valence-electron chi connectivity index (χ4n) is 0.928. The van der Waals surface area contributed by atoms with Crippen molar-refractivity contribution in [1.82, 2.24) is 0 Å². The van der Waals surface area contributed by atoms with Crippen molar-refractivity contribution in [3.05, 3.63) is 0 Å². The van der Waals surface area contributed by atoms with Gasteiger partial charge in [0, 0.05) is 5.33 Å². The summed E-state index contributed by atoms with van der Waals surface area (Å²) < 4.78 is 12.5. The number of alkyl halides is 2. The van der Waals surface area contributed by atoms with Crippen molar-refractivity contribution in [2.45, 2.75) is 25.4 Å². The number of hydrogen-bond donors (Lipinski definition) is 0. The van der Waals surface area contributed by atoms with Crippen LogP contribution in [0.3, 0.4) is 0 Å². The van der Waals surface area contributed by atoms with Crippen LogP contribution in [-0.2, 0) is 0 Å². The summed E-state index contributed by atoms with van der Waals surface area (Å²) in [6, 6.07) is 0. The molecule has 0 spiro atoms. The van der Waals surface area contributed by atoms with E-state index in [0.717, 1.165) is 12.8 Å². The Morgan fingerprint density at radius 3 is 2.38 bits per heavy atom. The molecule has 0 radical (unpaired) electrons. The SMILES string of the molecule is F[C@@H](CBr)C1CCC1. The van der Waals surface area contributed by atoms with E-state index in [0.29, 0.717) is 11.2 Å². The molecule has 0 aromatic rings. The molecule has 1 rings (SSSR count). The zero-order valence-electron chi connectivity index (χ0n) is 4.74. The Bertz CT molecular complexity index is 68.2. The molecule has 1 saturated carbocycles. The van der Waals surface area contributed by atoms with Gasteiger partial charge in [0.1, 0.15) is 6.17 Å². The summed E-state index contributed by atoms with van der Waals surface area (Å²) >= 11 is 3.12. The lowest BCUT2D eigenvalue weighted by Crippen LogP contribution is -2.23. The van der Waals surface area contributed by atoms with E-state index in [9.17, 15) is 4.39 Å². The van der Waals surface area contributed by atoms with E-state index in [-0.39, 0.29) is 0 Å². The highest BCUT2D eigenvalue weighted by molar-refractivity contribution is 9.09. The van der Waals surface area contributed by atoms with Gasteiger partial charge in [-0.3, -0.25) is 0 Å². The average Bonchev–Trinajstić information content (AvgIpc) is 1.62. The zero-order valence-corrected chi connectivity index (χ0v) is 6.33. The van der Waals surface area contributed by atoms with Crippen molar-refractivity contribution in [2.75, 3.05) is 5.33 Å². The van der Waals surface area contributed by atoms with Crippen LogP contribution in [0.1, 0.15) is 19.3 Å². The molecular formula is C6H10BrF. The lowest BCUT2D eigenvalue weighted by molar-refractivity contribution is 0.169. The minimum Gasteiger partial charge on any atom is -0.246 e. The third-order valence-corrected chi connectivity index (χ3v) is 2.43. The Hall–Kier alpha value is 0.410. The Morgan fingerprint density at radius 1 is 1.62 bits per heavy atom. The van der Waals surface area contributed by atoms with Crippen LogP contribution >= 0.6 is 15.9 Å². The van der Waals surface area contributed by atoms with Crippen molar-refractivity contribution < 1.29 is 4.39 Å². The molecule has 1 aliphatic rings. The first-order valence-electron chi connectivity index (χ1n) is 3.04. The molecule has 0 amide bonds. The van der Waals surface area contributed by atoms with Gasteiger partial charge in [-0.05, 0) is 18.8 Å². The second-order valence-electron chi connectivity index (χ2n) is 2.36. The molecule has 0 heterocycles. The monoisotopic (exact) mass is 180 g/mol. The molecule has 1 fully saturated rings. The van der Waals surface area contributed by atoms with Gasteiger partial charge < -0.3 is 0 Å². The van der Waals surface area contributed by atoms with Crippen molar-refractivity contribution >= 4 is 15.9 Å². The van der Waals surface area contributed by atoms with Crippen LogP contribution in [0.25, 0.3) is 0 Å². The Labute approximate surface area is 57.6 Å². The maximum Gasteiger partial charge on any atom is 0.113 e. The highest BCUT2D eigenvalue weighted by Crippen LogP contribution is 2.31. The van der Waals surface area contributed by atoms with Crippen molar-refractivity contribution in [3.63, 3.8) is 0 Å². The summed E-state index contributed by atoms with van der Waals surface area (Å²) in [7, 11) is 0. The van der Waals surface area contributed by atoms with Gasteiger partial charge in [-0.2, -0.15) is 0 Å². The van der Waals surface area contributed by atoms with Crippen LogP contribution in [0, 0.1) is 5.92 Å². The standard InChI is InChI=1S/C6H10BrF/c7-4-6(8)5-2-1-3-5/h5-6H,1-4H2/t6-/m0/s1. The first-order chi connectivity index (χ1) is 3.84. The van der Waals surface area contributed by atoms with Crippen molar-refractivity contribution in [2.24, 2.45) is 5.92 Å². The number of rotatable bonds is 2. The molecule has 1 atom stereocenters. The van der Waals surface area contributed by atoms with Crippen LogP contribution in [0.4, 0.5) is 4.39 Å². The summed E-state index contributed by atoms with van der Waals surface area (Å²) in [5, 5.41) is 0.525. The van der Waals surface area contributed by atoms with E-state index >= 15 is 0 Å². The third-order valence-electron chi connectivity index (χ3n) is 1.81. The van der Waals surface area contributed by atoms with Crippen molar-refractivity contribution in [3.8, 4) is 0 Å². The summed E-state index contributed by atoms with van der Waals surface area (Å²) in [5.74, 6) is 0.384. The fraction of sp³-hybridized carbons (Fsp3) is 1.00. The summed E-state index contributed by atoms with van der Waals surface area (Å²) in [6.07, 6.45) is 2.86. The molecule has 2 heteroatoms. The second-order valence-corrected chi connectivity index (χ2v) is 3.01. The summed E-state index contributed by atoms with van der Waals surface area (Å²) in [6.45, 7) is 0. The molecule has 8 heavy (non-hydrogen) atoms. The lowest BCUT2D eigenvalue weighted by Gasteiger charge is -2.27. The van der Waals surface area contributed by atoms with Gasteiger partial charge in [0.25, 0.3) is 0 Å². The van der Waals surface area contributed by atoms with Gasteiger partial charge in [-0.25, -0.2) is 4.39 Å². The normalized spacial score (nSPS) is 24.8. The first kappa shape index (κ1) is 6.53. The molecule has 0 nitrogen and oxygen atoms in total. The van der Waals surface area contributed by atoms with E-state index in [4.69, 9.17) is 0 Å². The van der Waals surface area contributed by atoms with Crippen LogP contribution in [-0.4, -0.2) is 11.5 Å². The highest BCUT2D eigenvalue weighted by Gasteiger charge is 2.25. The van der Waals surface area contributed by atoms with Gasteiger partial charge in [0.05, 0.1) is 0 Å². The molecule has 0 aromatic heterocycles. The molecule has 0 aliphatic heterocycles. The van der Waals surface area contributed by atoms with E-state index in [1.807, 2.05) is 0 Å². The maximum atomic E-state index is 12.5. The molecule has 0 aromatic carbocycles. The van der Waals surface area contributed by atoms with Gasteiger partial charge in [0.2, 0.25) is 0 Å². The fourth-order valence-corrected chi connectivity index (χ4v) is 1.46. The average molecular weight is 181 g/mol. The third kappa shape index (κ3) is 1.22. The van der Waals surface area contributed by atoms with Crippen LogP contribution in [0.5, 0.6) is 0 Å². The first-order valence-corrected chi connectivity index (χ1v) is 4.17. The smallest absolute Gasteiger partial charge is 0.113 e. The Balaban J connectivity index is 2.13. The van der Waals surface area contributed by atoms with Crippen LogP contribution in [0.15, 0.2) is 0 Å². The summed E-state index contributed by atoms with van der Waals surface area (Å²) in [4.78, 5) is 0. The molecule has 0 N–H and O–H groups in total. The maximum absolute atomic E-state index is 12.5. The van der Waals surface area contributed by atoms with E-state index in [1.165, 1.54) is 6.42 Å². The minimum absolute atomic E-state index is 0.384. The highest BCUT2D eigenvalue weighted by atomic mass is 79.9. The minimum atomic E-state index is -0.580. The van der Waals surface area contributed by atoms with Gasteiger partial charge in [-0.15, -0.1) is 0 Å². The predicted octanol–water partition coefficient (Wildman–Crippen LogP) is 2.52. The molecule has 48 valence electrons. The Morgan fingerprint density at radius 2 is 2.25 bits per heavy atom. The van der Waals surface area contributed by atoms with E-state index in [2.05, 4.69) is 15.9 Å². The zero-order chi connectivity index (χ0) is 5.98. The van der Waals surface area contributed by atoms with Gasteiger partial charge >= 0.3 is 0 Å². The van der Waals surface area contributed by atoms with Gasteiger partial charge in [0.15, 0.2) is 0 Å². The largest absolute Gasteiger partial charge is 0.246 e. The van der Waals surface area contributed by atoms with Crippen LogP contribution in [0.2, 0.25) is 0 Å². The molecule has 0 bridgehead atoms. The number of hydrogen-bond acceptors (Lipinski definition) is 0. The molecule has 0 saturated heterocycles. The van der Waals surface area contributed by atoms with Gasteiger partial charge in [-0.1, -0.05) is 22.4 Å². The quantitative estimate of drug-likeness (QED) is 0.574. The molecule has 0 unspecified atom stereocenters. The van der Waals surface area contributed by atoms with E-state index in [1.54, 1.807) is 0 Å². The molecule has 1 aliphatic carbocycles. The molecular weight excluding hydrogens is 171 g/mol. The lowest BCUT2D eigenvalue weighted by atomic mass is 9.82. The number of halogens is 2. The van der Waals surface area contributed by atoms with E-state index < -0.39 is 6.17 Å². The summed E-state index contributed by atoms with van der Waals surface area (Å²) in [5.41, 5.74) is 0. The predicted molar refractivity (Wildman–Crippen MR) is 36.0 cm³/mol. The van der Waals surface area contributed by atoms with Crippen molar-refractivity contribution in [1.29, 1.82) is 0 Å². The second kappa shape index (κ2) is 2.81. The topological polar surface area (TPSA) is 0 Å². The Kier molecular flexibility index (Phi) is 2.29. The van der Waals surface area contributed by atoms with Crippen LogP contribution < -0.4 is 0 Å².